The van der Waals surface area contributed by atoms with Gasteiger partial charge in [0, 0.05) is 24.3 Å². The molecule has 1 aromatic carbocycles. The number of nitrogens with one attached hydrogen (secondary N) is 1. The van der Waals surface area contributed by atoms with Crippen LogP contribution in [0.25, 0.3) is 0 Å². The summed E-state index contributed by atoms with van der Waals surface area (Å²) >= 11 is 0. The first-order chi connectivity index (χ1) is 10.7. The molecule has 1 unspecified atom stereocenters. The van der Waals surface area contributed by atoms with Crippen LogP contribution in [0, 0.1) is 18.7 Å². The van der Waals surface area contributed by atoms with E-state index in [0.717, 1.165) is 0 Å². The third kappa shape index (κ3) is 4.13. The van der Waals surface area contributed by atoms with Crippen LogP contribution in [0.15, 0.2) is 18.2 Å². The van der Waals surface area contributed by atoms with Crippen molar-refractivity contribution in [1.29, 1.82) is 0 Å². The normalized spacial score (nSPS) is 17.9. The number of rotatable bonds is 2. The maximum atomic E-state index is 13.4. The van der Waals surface area contributed by atoms with Gasteiger partial charge in [0.05, 0.1) is 0 Å². The molecule has 23 heavy (non-hydrogen) atoms. The van der Waals surface area contributed by atoms with Crippen molar-refractivity contribution in [2.75, 3.05) is 18.4 Å². The third-order valence-electron chi connectivity index (χ3n) is 4.12. The molecule has 1 aromatic rings. The lowest BCUT2D eigenvalue weighted by molar-refractivity contribution is -0.222. The van der Waals surface area contributed by atoms with Gasteiger partial charge in [-0.3, -0.25) is 0 Å². The molecule has 1 heterocycles. The van der Waals surface area contributed by atoms with Crippen molar-refractivity contribution in [3.05, 3.63) is 29.6 Å². The summed E-state index contributed by atoms with van der Waals surface area (Å²) in [6.07, 6.45) is -6.88. The van der Waals surface area contributed by atoms with Crippen LogP contribution in [-0.2, 0) is 0 Å². The van der Waals surface area contributed by atoms with Crippen molar-refractivity contribution in [3.8, 4) is 0 Å². The van der Waals surface area contributed by atoms with E-state index in [1.165, 1.54) is 24.0 Å². The molecule has 128 valence electrons. The lowest BCUT2D eigenvalue weighted by Gasteiger charge is -2.34. The van der Waals surface area contributed by atoms with Crippen LogP contribution in [0.4, 0.5) is 28.0 Å². The molecule has 0 aliphatic carbocycles. The second kappa shape index (κ2) is 6.74. The first-order valence-corrected chi connectivity index (χ1v) is 7.26. The Morgan fingerprint density at radius 1 is 1.35 bits per heavy atom. The fraction of sp³-hybridized carbons (Fsp3) is 0.533. The predicted molar refractivity (Wildman–Crippen MR) is 76.5 cm³/mol. The number of carbonyl (C=O) groups is 1. The number of halogens is 4. The summed E-state index contributed by atoms with van der Waals surface area (Å²) in [4.78, 5) is 13.5. The van der Waals surface area contributed by atoms with E-state index in [2.05, 4.69) is 5.32 Å². The Morgan fingerprint density at radius 2 is 1.96 bits per heavy atom. The Hall–Kier alpha value is -1.83. The van der Waals surface area contributed by atoms with Crippen LogP contribution in [0.5, 0.6) is 0 Å². The van der Waals surface area contributed by atoms with Crippen molar-refractivity contribution in [3.63, 3.8) is 0 Å². The maximum Gasteiger partial charge on any atom is 0.414 e. The molecular formula is C15H18F4N2O2. The third-order valence-corrected chi connectivity index (χ3v) is 4.12. The van der Waals surface area contributed by atoms with Gasteiger partial charge in [-0.2, -0.15) is 13.2 Å². The molecule has 0 spiro atoms. The highest BCUT2D eigenvalue weighted by atomic mass is 19.4. The van der Waals surface area contributed by atoms with Crippen molar-refractivity contribution in [2.45, 2.75) is 32.0 Å². The Bertz CT molecular complexity index is 569. The van der Waals surface area contributed by atoms with Gasteiger partial charge in [-0.25, -0.2) is 9.18 Å². The molecule has 1 fully saturated rings. The number of urea groups is 1. The highest BCUT2D eigenvalue weighted by molar-refractivity contribution is 5.90. The SMILES string of the molecule is Cc1c(F)cccc1NC(=O)N1CCC(C(O)C(F)(F)F)CC1. The molecular weight excluding hydrogens is 316 g/mol. The highest BCUT2D eigenvalue weighted by Crippen LogP contribution is 2.31. The van der Waals surface area contributed by atoms with Gasteiger partial charge < -0.3 is 15.3 Å². The van der Waals surface area contributed by atoms with Crippen molar-refractivity contribution >= 4 is 11.7 Å². The largest absolute Gasteiger partial charge is 0.414 e. The Kier molecular flexibility index (Phi) is 5.13. The molecule has 0 radical (unpaired) electrons. The molecule has 2 amide bonds. The lowest BCUT2D eigenvalue weighted by atomic mass is 9.91. The average Bonchev–Trinajstić information content (AvgIpc) is 2.50. The number of alkyl halides is 3. The van der Waals surface area contributed by atoms with Crippen LogP contribution in [0.1, 0.15) is 18.4 Å². The van der Waals surface area contributed by atoms with Gasteiger partial charge in [0.15, 0.2) is 6.10 Å². The summed E-state index contributed by atoms with van der Waals surface area (Å²) < 4.78 is 50.9. The van der Waals surface area contributed by atoms with E-state index >= 15 is 0 Å². The van der Waals surface area contributed by atoms with Crippen molar-refractivity contribution < 1.29 is 27.5 Å². The lowest BCUT2D eigenvalue weighted by Crippen LogP contribution is -2.46. The van der Waals surface area contributed by atoms with Gasteiger partial charge in [0.1, 0.15) is 5.82 Å². The van der Waals surface area contributed by atoms with E-state index in [0.29, 0.717) is 11.3 Å². The first-order valence-electron chi connectivity index (χ1n) is 7.26. The van der Waals surface area contributed by atoms with E-state index in [-0.39, 0.29) is 25.9 Å². The Morgan fingerprint density at radius 3 is 2.52 bits per heavy atom. The fourth-order valence-corrected chi connectivity index (χ4v) is 2.62. The van der Waals surface area contributed by atoms with Gasteiger partial charge in [0.25, 0.3) is 0 Å². The molecule has 2 rings (SSSR count). The van der Waals surface area contributed by atoms with Crippen LogP contribution in [-0.4, -0.2) is 41.4 Å². The molecule has 1 aliphatic rings. The molecule has 0 bridgehead atoms. The number of nitrogens with zero attached hydrogens (tertiary/aromatic N) is 1. The molecule has 1 saturated heterocycles. The molecule has 8 heteroatoms. The monoisotopic (exact) mass is 334 g/mol. The first kappa shape index (κ1) is 17.5. The predicted octanol–water partition coefficient (Wildman–Crippen LogP) is 3.30. The van der Waals surface area contributed by atoms with Crippen LogP contribution < -0.4 is 5.32 Å². The Labute approximate surface area is 131 Å². The molecule has 2 N–H and O–H groups in total. The van der Waals surface area contributed by atoms with Crippen LogP contribution in [0.2, 0.25) is 0 Å². The van der Waals surface area contributed by atoms with E-state index in [9.17, 15) is 27.5 Å². The van der Waals surface area contributed by atoms with Gasteiger partial charge in [-0.1, -0.05) is 6.07 Å². The maximum absolute atomic E-state index is 13.4. The molecule has 4 nitrogen and oxygen atoms in total. The minimum absolute atomic E-state index is 0.0657. The average molecular weight is 334 g/mol. The van der Waals surface area contributed by atoms with Crippen molar-refractivity contribution in [1.82, 2.24) is 4.90 Å². The number of carbonyl (C=O) groups excluding carboxylic acids is 1. The van der Waals surface area contributed by atoms with Crippen LogP contribution >= 0.6 is 0 Å². The minimum Gasteiger partial charge on any atom is -0.383 e. The smallest absolute Gasteiger partial charge is 0.383 e. The van der Waals surface area contributed by atoms with E-state index < -0.39 is 30.0 Å². The second-order valence-electron chi connectivity index (χ2n) is 5.65. The molecule has 1 aliphatic heterocycles. The summed E-state index contributed by atoms with van der Waals surface area (Å²) in [5.74, 6) is -1.36. The number of aliphatic hydroxyl groups is 1. The second-order valence-corrected chi connectivity index (χ2v) is 5.65. The van der Waals surface area contributed by atoms with Gasteiger partial charge in [-0.05, 0) is 37.8 Å². The van der Waals surface area contributed by atoms with Gasteiger partial charge in [-0.15, -0.1) is 0 Å². The van der Waals surface area contributed by atoms with Crippen LogP contribution in [0.3, 0.4) is 0 Å². The Balaban J connectivity index is 1.92. The number of hydrogen-bond acceptors (Lipinski definition) is 2. The zero-order valence-corrected chi connectivity index (χ0v) is 12.5. The topological polar surface area (TPSA) is 52.6 Å². The standard InChI is InChI=1S/C15H18F4N2O2/c1-9-11(16)3-2-4-12(9)20-14(23)21-7-5-10(6-8-21)13(22)15(17,18)19/h2-4,10,13,22H,5-8H2,1H3,(H,20,23). The zero-order valence-electron chi connectivity index (χ0n) is 12.5. The number of anilines is 1. The molecule has 0 saturated carbocycles. The number of hydrogen-bond donors (Lipinski definition) is 2. The highest BCUT2D eigenvalue weighted by Gasteiger charge is 2.44. The fourth-order valence-electron chi connectivity index (χ4n) is 2.62. The summed E-state index contributed by atoms with van der Waals surface area (Å²) in [5.41, 5.74) is 0.621. The number of likely N-dealkylation sites (tertiary alicyclic amines) is 1. The summed E-state index contributed by atoms with van der Waals surface area (Å²) in [5, 5.41) is 11.8. The molecule has 0 aromatic heterocycles. The number of piperidine rings is 1. The number of benzene rings is 1. The van der Waals surface area contributed by atoms with Gasteiger partial charge >= 0.3 is 12.2 Å². The summed E-state index contributed by atoms with van der Waals surface area (Å²) in [6.45, 7) is 1.74. The minimum atomic E-state index is -4.65. The molecule has 1 atom stereocenters. The zero-order chi connectivity index (χ0) is 17.2. The van der Waals surface area contributed by atoms with E-state index in [4.69, 9.17) is 0 Å². The number of amides is 2. The van der Waals surface area contributed by atoms with Gasteiger partial charge in [0.2, 0.25) is 0 Å². The summed E-state index contributed by atoms with van der Waals surface area (Å²) in [6, 6.07) is 3.80. The number of aliphatic hydroxyl groups excluding tert-OH is 1. The summed E-state index contributed by atoms with van der Waals surface area (Å²) in [7, 11) is 0. The van der Waals surface area contributed by atoms with E-state index in [1.807, 2.05) is 0 Å². The van der Waals surface area contributed by atoms with Crippen molar-refractivity contribution in [2.24, 2.45) is 5.92 Å². The van der Waals surface area contributed by atoms with E-state index in [1.54, 1.807) is 6.07 Å². The quantitative estimate of drug-likeness (QED) is 0.816.